The molecule has 1 saturated heterocycles. The fourth-order valence-electron chi connectivity index (χ4n) is 4.31. The van der Waals surface area contributed by atoms with Crippen LogP contribution in [0.4, 0.5) is 13.2 Å². The number of amides is 1. The summed E-state index contributed by atoms with van der Waals surface area (Å²) in [5.41, 5.74) is 2.69. The second-order valence-corrected chi connectivity index (χ2v) is 8.89. The number of hydrogen-bond acceptors (Lipinski definition) is 5. The van der Waals surface area contributed by atoms with Crippen LogP contribution in [0.3, 0.4) is 0 Å². The van der Waals surface area contributed by atoms with E-state index in [9.17, 15) is 18.0 Å². The highest BCUT2D eigenvalue weighted by Crippen LogP contribution is 2.33. The van der Waals surface area contributed by atoms with Gasteiger partial charge in [-0.3, -0.25) is 9.69 Å². The molecule has 8 nitrogen and oxygen atoms in total. The molecule has 11 heteroatoms. The van der Waals surface area contributed by atoms with Crippen molar-refractivity contribution in [3.8, 4) is 0 Å². The van der Waals surface area contributed by atoms with E-state index in [1.165, 1.54) is 11.1 Å². The summed E-state index contributed by atoms with van der Waals surface area (Å²) in [7, 11) is 0. The van der Waals surface area contributed by atoms with Crippen LogP contribution in [0, 0.1) is 18.8 Å². The lowest BCUT2D eigenvalue weighted by atomic mass is 9.89. The number of halogens is 3. The molecule has 0 saturated carbocycles. The molecule has 2 N–H and O–H groups in total. The van der Waals surface area contributed by atoms with Gasteiger partial charge in [-0.1, -0.05) is 29.8 Å². The molecule has 0 radical (unpaired) electrons. The minimum absolute atomic E-state index is 0.100. The second kappa shape index (κ2) is 9.90. The third kappa shape index (κ3) is 6.31. The lowest BCUT2D eigenvalue weighted by Crippen LogP contribution is -2.35. The monoisotopic (exact) mass is 467 g/mol. The van der Waals surface area contributed by atoms with Crippen molar-refractivity contribution in [3.05, 3.63) is 47.0 Å². The van der Waals surface area contributed by atoms with Gasteiger partial charge < -0.3 is 15.0 Å². The van der Waals surface area contributed by atoms with Crippen LogP contribution < -0.4 is 5.32 Å². The highest BCUT2D eigenvalue weighted by molar-refractivity contribution is 5.90. The fraction of sp³-hybridized carbons (Fsp3) is 0.545. The molecular weight excluding hydrogens is 439 g/mol. The first kappa shape index (κ1) is 24.7. The number of aromatic nitrogens is 3. The van der Waals surface area contributed by atoms with E-state index in [0.717, 1.165) is 38.4 Å². The molecule has 1 aromatic heterocycles. The molecule has 2 unspecified atom stereocenters. The van der Waals surface area contributed by atoms with E-state index >= 15 is 0 Å². The Bertz CT molecular complexity index is 1010. The van der Waals surface area contributed by atoms with Crippen LogP contribution in [0.15, 0.2) is 24.3 Å². The molecule has 1 aromatic carbocycles. The topological polar surface area (TPSA) is 100 Å². The van der Waals surface area contributed by atoms with Crippen molar-refractivity contribution in [3.63, 3.8) is 0 Å². The molecule has 0 aliphatic carbocycles. The van der Waals surface area contributed by atoms with Gasteiger partial charge in [0.25, 0.3) is 5.91 Å². The number of aryl methyl sites for hydroxylation is 1. The number of hydrogen-bond donors (Lipinski definition) is 2. The lowest BCUT2D eigenvalue weighted by Gasteiger charge is -2.25. The van der Waals surface area contributed by atoms with Gasteiger partial charge in [-0.25, -0.2) is 4.79 Å². The first-order valence-corrected chi connectivity index (χ1v) is 10.7. The number of nitrogens with one attached hydrogen (secondary N) is 1. The number of carbonyl (C=O) groups excluding carboxylic acids is 1. The zero-order valence-electron chi connectivity index (χ0n) is 18.8. The minimum Gasteiger partial charge on any atom is -0.475 e. The highest BCUT2D eigenvalue weighted by Gasteiger charge is 2.39. The summed E-state index contributed by atoms with van der Waals surface area (Å²) < 4.78 is 33.8. The maximum atomic E-state index is 12.4. The van der Waals surface area contributed by atoms with Crippen LogP contribution in [-0.2, 0) is 24.3 Å². The molecule has 33 heavy (non-hydrogen) atoms. The standard InChI is InChI=1S/C20H27N5O.C2HF3O2/c1-13(2)21-20(26)19-23-22-18-8-16-10-24(11-17(16)12-25(18)19)9-15-6-4-5-14(3)7-15;3-2(4,5)1(6)7/h4-7,13,16-17H,8-12H2,1-3H3,(H,21,26);(H,6,7). The third-order valence-corrected chi connectivity index (χ3v) is 5.70. The molecule has 4 rings (SSSR count). The van der Waals surface area contributed by atoms with E-state index < -0.39 is 12.1 Å². The predicted molar refractivity (Wildman–Crippen MR) is 113 cm³/mol. The fourth-order valence-corrected chi connectivity index (χ4v) is 4.31. The number of carboxylic acids is 1. The second-order valence-electron chi connectivity index (χ2n) is 8.89. The van der Waals surface area contributed by atoms with Crippen molar-refractivity contribution in [2.75, 3.05) is 13.1 Å². The first-order valence-electron chi connectivity index (χ1n) is 10.7. The molecule has 2 atom stereocenters. The van der Waals surface area contributed by atoms with Crippen LogP contribution >= 0.6 is 0 Å². The van der Waals surface area contributed by atoms with Gasteiger partial charge in [0.15, 0.2) is 0 Å². The molecule has 180 valence electrons. The Kier molecular flexibility index (Phi) is 7.41. The van der Waals surface area contributed by atoms with E-state index in [0.29, 0.717) is 17.7 Å². The van der Waals surface area contributed by atoms with Crippen molar-refractivity contribution in [1.29, 1.82) is 0 Å². The summed E-state index contributed by atoms with van der Waals surface area (Å²) >= 11 is 0. The third-order valence-electron chi connectivity index (χ3n) is 5.70. The van der Waals surface area contributed by atoms with E-state index in [1.807, 2.05) is 18.4 Å². The van der Waals surface area contributed by atoms with Crippen molar-refractivity contribution >= 4 is 11.9 Å². The number of carboxylic acid groups (broad SMARTS) is 1. The van der Waals surface area contributed by atoms with E-state index in [-0.39, 0.29) is 11.9 Å². The van der Waals surface area contributed by atoms with Crippen LogP contribution in [0.1, 0.15) is 41.4 Å². The quantitative estimate of drug-likeness (QED) is 0.717. The molecular formula is C22H28F3N5O3. The smallest absolute Gasteiger partial charge is 0.475 e. The van der Waals surface area contributed by atoms with Crippen molar-refractivity contribution in [1.82, 2.24) is 25.0 Å². The number of rotatable bonds is 4. The maximum absolute atomic E-state index is 12.4. The SMILES string of the molecule is Cc1cccc(CN2CC3Cc4nnc(C(=O)NC(C)C)n4CC3C2)c1.O=C(O)C(F)(F)F. The van der Waals surface area contributed by atoms with Gasteiger partial charge in [-0.2, -0.15) is 13.2 Å². The van der Waals surface area contributed by atoms with Gasteiger partial charge >= 0.3 is 12.1 Å². The Balaban J connectivity index is 0.000000383. The molecule has 1 fully saturated rings. The number of fused-ring (bicyclic) bond motifs is 2. The van der Waals surface area contributed by atoms with Gasteiger partial charge in [-0.15, -0.1) is 10.2 Å². The number of benzene rings is 1. The Hall–Kier alpha value is -2.95. The summed E-state index contributed by atoms with van der Waals surface area (Å²) in [5, 5.41) is 18.5. The highest BCUT2D eigenvalue weighted by atomic mass is 19.4. The number of carbonyl (C=O) groups is 2. The average molecular weight is 467 g/mol. The first-order chi connectivity index (χ1) is 15.4. The van der Waals surface area contributed by atoms with Crippen LogP contribution in [-0.4, -0.2) is 62.0 Å². The molecule has 2 aromatic rings. The van der Waals surface area contributed by atoms with Crippen molar-refractivity contribution in [2.45, 2.75) is 52.5 Å². The Morgan fingerprint density at radius 1 is 1.18 bits per heavy atom. The number of likely N-dealkylation sites (tertiary alicyclic amines) is 1. The Morgan fingerprint density at radius 3 is 2.45 bits per heavy atom. The van der Waals surface area contributed by atoms with Gasteiger partial charge in [0.1, 0.15) is 5.82 Å². The summed E-state index contributed by atoms with van der Waals surface area (Å²) in [6.45, 7) is 10.1. The zero-order valence-corrected chi connectivity index (χ0v) is 18.8. The van der Waals surface area contributed by atoms with Gasteiger partial charge in [0.2, 0.25) is 5.82 Å². The van der Waals surface area contributed by atoms with Crippen LogP contribution in [0.25, 0.3) is 0 Å². The Morgan fingerprint density at radius 2 is 1.85 bits per heavy atom. The van der Waals surface area contributed by atoms with Gasteiger partial charge in [-0.05, 0) is 38.2 Å². The number of alkyl halides is 3. The summed E-state index contributed by atoms with van der Waals surface area (Å²) in [6.07, 6.45) is -4.17. The minimum atomic E-state index is -5.08. The number of nitrogens with zero attached hydrogens (tertiary/aromatic N) is 4. The van der Waals surface area contributed by atoms with Gasteiger partial charge in [0, 0.05) is 38.6 Å². The molecule has 1 amide bonds. The molecule has 0 bridgehead atoms. The zero-order chi connectivity index (χ0) is 24.3. The molecule has 0 spiro atoms. The van der Waals surface area contributed by atoms with E-state index in [1.54, 1.807) is 0 Å². The normalized spacial score (nSPS) is 20.0. The largest absolute Gasteiger partial charge is 0.490 e. The lowest BCUT2D eigenvalue weighted by molar-refractivity contribution is -0.192. The van der Waals surface area contributed by atoms with Crippen LogP contribution in [0.2, 0.25) is 0 Å². The maximum Gasteiger partial charge on any atom is 0.490 e. The number of aliphatic carboxylic acids is 1. The average Bonchev–Trinajstić information content (AvgIpc) is 3.27. The molecule has 3 heterocycles. The van der Waals surface area contributed by atoms with Crippen molar-refractivity contribution in [2.24, 2.45) is 11.8 Å². The van der Waals surface area contributed by atoms with Crippen LogP contribution in [0.5, 0.6) is 0 Å². The molecule has 2 aliphatic rings. The van der Waals surface area contributed by atoms with E-state index in [4.69, 9.17) is 9.90 Å². The summed E-state index contributed by atoms with van der Waals surface area (Å²) in [6, 6.07) is 8.85. The van der Waals surface area contributed by atoms with Gasteiger partial charge in [0.05, 0.1) is 0 Å². The summed E-state index contributed by atoms with van der Waals surface area (Å²) in [4.78, 5) is 23.8. The summed E-state index contributed by atoms with van der Waals surface area (Å²) in [5.74, 6) is -0.285. The predicted octanol–water partition coefficient (Wildman–Crippen LogP) is 2.66. The Labute approximate surface area is 189 Å². The van der Waals surface area contributed by atoms with E-state index in [2.05, 4.69) is 51.6 Å². The van der Waals surface area contributed by atoms with Crippen molar-refractivity contribution < 1.29 is 27.9 Å². The molecule has 2 aliphatic heterocycles.